The van der Waals surface area contributed by atoms with Crippen molar-refractivity contribution < 1.29 is 13.2 Å². The summed E-state index contributed by atoms with van der Waals surface area (Å²) in [6.45, 7) is 5.79. The Morgan fingerprint density at radius 3 is 2.52 bits per heavy atom. The second-order valence-electron chi connectivity index (χ2n) is 6.83. The minimum atomic E-state index is -3.25. The first kappa shape index (κ1) is 21.9. The molecule has 0 fully saturated rings. The maximum atomic E-state index is 12.3. The van der Waals surface area contributed by atoms with Crippen LogP contribution in [0.5, 0.6) is 0 Å². The van der Waals surface area contributed by atoms with Crippen LogP contribution in [0.3, 0.4) is 0 Å². The smallest absolute Gasteiger partial charge is 0.251 e. The van der Waals surface area contributed by atoms with Crippen molar-refractivity contribution in [1.82, 2.24) is 10.2 Å². The summed E-state index contributed by atoms with van der Waals surface area (Å²) < 4.78 is 23.0. The number of fused-ring (bicyclic) bond motifs is 1. The second-order valence-corrected chi connectivity index (χ2v) is 9.79. The fraction of sp³-hybridized carbons (Fsp3) is 0.421. The molecule has 0 bridgehead atoms. The molecule has 148 valence electrons. The van der Waals surface area contributed by atoms with Gasteiger partial charge in [0.1, 0.15) is 0 Å². The zero-order valence-electron chi connectivity index (χ0n) is 15.6. The van der Waals surface area contributed by atoms with Crippen molar-refractivity contribution in [2.75, 3.05) is 19.3 Å². The molecule has 27 heavy (non-hydrogen) atoms. The van der Waals surface area contributed by atoms with Gasteiger partial charge < -0.3 is 5.32 Å². The first-order valence-corrected chi connectivity index (χ1v) is 11.4. The molecule has 0 saturated carbocycles. The fourth-order valence-electron chi connectivity index (χ4n) is 3.52. The summed E-state index contributed by atoms with van der Waals surface area (Å²) in [5, 5.41) is 5.09. The van der Waals surface area contributed by atoms with Gasteiger partial charge in [-0.3, -0.25) is 9.69 Å². The van der Waals surface area contributed by atoms with Gasteiger partial charge in [0.25, 0.3) is 5.91 Å². The lowest BCUT2D eigenvalue weighted by Gasteiger charge is -2.38. The van der Waals surface area contributed by atoms with E-state index in [9.17, 15) is 13.2 Å². The summed E-state index contributed by atoms with van der Waals surface area (Å²) in [5.74, 6) is -0.181. The molecule has 8 heteroatoms. The van der Waals surface area contributed by atoms with Crippen molar-refractivity contribution >= 4 is 39.5 Å². The number of carbonyl (C=O) groups excluding carboxylic acids is 1. The predicted molar refractivity (Wildman–Crippen MR) is 112 cm³/mol. The van der Waals surface area contributed by atoms with Crippen LogP contribution in [0.2, 0.25) is 0 Å². The number of sulfone groups is 1. The quantitative estimate of drug-likeness (QED) is 0.793. The van der Waals surface area contributed by atoms with Gasteiger partial charge in [-0.05, 0) is 61.5 Å². The molecule has 2 atom stereocenters. The number of thiophene rings is 1. The summed E-state index contributed by atoms with van der Waals surface area (Å²) in [4.78, 5) is 16.4. The van der Waals surface area contributed by atoms with E-state index in [4.69, 9.17) is 0 Å². The van der Waals surface area contributed by atoms with Crippen LogP contribution in [-0.4, -0.2) is 44.6 Å². The molecule has 1 aliphatic rings. The highest BCUT2D eigenvalue weighted by Crippen LogP contribution is 2.35. The Bertz CT molecular complexity index is 894. The Morgan fingerprint density at radius 1 is 1.22 bits per heavy atom. The van der Waals surface area contributed by atoms with Crippen molar-refractivity contribution in [1.29, 1.82) is 0 Å². The number of nitrogens with one attached hydrogen (secondary N) is 1. The molecule has 1 aromatic heterocycles. The first-order chi connectivity index (χ1) is 12.3. The van der Waals surface area contributed by atoms with Crippen molar-refractivity contribution in [2.24, 2.45) is 0 Å². The predicted octanol–water partition coefficient (Wildman–Crippen LogP) is 3.31. The van der Waals surface area contributed by atoms with E-state index < -0.39 is 9.84 Å². The maximum absolute atomic E-state index is 12.3. The van der Waals surface area contributed by atoms with Crippen LogP contribution in [0.4, 0.5) is 0 Å². The number of amides is 1. The lowest BCUT2D eigenvalue weighted by Crippen LogP contribution is -2.44. The fourth-order valence-corrected chi connectivity index (χ4v) is 5.16. The third kappa shape index (κ3) is 4.90. The Hall–Kier alpha value is -1.41. The molecular formula is C19H25ClN2O3S2. The molecule has 3 rings (SSSR count). The zero-order chi connectivity index (χ0) is 18.9. The second kappa shape index (κ2) is 8.73. The molecule has 0 saturated heterocycles. The highest BCUT2D eigenvalue weighted by Gasteiger charge is 2.29. The molecule has 0 spiro atoms. The first-order valence-electron chi connectivity index (χ1n) is 8.67. The normalized spacial score (nSPS) is 19.8. The van der Waals surface area contributed by atoms with Crippen LogP contribution in [0.1, 0.15) is 40.7 Å². The summed E-state index contributed by atoms with van der Waals surface area (Å²) >= 11 is 1.80. The molecule has 1 N–H and O–H groups in total. The minimum Gasteiger partial charge on any atom is -0.351 e. The van der Waals surface area contributed by atoms with E-state index in [1.54, 1.807) is 23.5 Å². The van der Waals surface area contributed by atoms with Crippen molar-refractivity contribution in [2.45, 2.75) is 37.2 Å². The van der Waals surface area contributed by atoms with E-state index in [-0.39, 0.29) is 23.2 Å². The van der Waals surface area contributed by atoms with Gasteiger partial charge in [0.15, 0.2) is 9.84 Å². The SMILES string of the molecule is CC1Cc2ccsc2C(C)N1CCNC(=O)c1ccc(S(C)(=O)=O)cc1.Cl. The van der Waals surface area contributed by atoms with Crippen molar-refractivity contribution in [3.05, 3.63) is 51.7 Å². The maximum Gasteiger partial charge on any atom is 0.251 e. The van der Waals surface area contributed by atoms with E-state index in [0.29, 0.717) is 24.2 Å². The summed E-state index contributed by atoms with van der Waals surface area (Å²) in [6, 6.07) is 9.06. The molecule has 1 amide bonds. The van der Waals surface area contributed by atoms with Gasteiger partial charge in [-0.2, -0.15) is 0 Å². The molecule has 2 heterocycles. The van der Waals surface area contributed by atoms with Crippen LogP contribution in [0.25, 0.3) is 0 Å². The average Bonchev–Trinajstić information content (AvgIpc) is 3.05. The molecular weight excluding hydrogens is 404 g/mol. The van der Waals surface area contributed by atoms with Crippen LogP contribution in [0, 0.1) is 0 Å². The van der Waals surface area contributed by atoms with E-state index in [0.717, 1.165) is 19.2 Å². The van der Waals surface area contributed by atoms with E-state index in [2.05, 4.69) is 35.5 Å². The van der Waals surface area contributed by atoms with Gasteiger partial charge in [0.2, 0.25) is 0 Å². The third-order valence-corrected chi connectivity index (χ3v) is 7.20. The number of carbonyl (C=O) groups is 1. The summed E-state index contributed by atoms with van der Waals surface area (Å²) in [6.07, 6.45) is 2.20. The van der Waals surface area contributed by atoms with Crippen molar-refractivity contribution in [3.8, 4) is 0 Å². The van der Waals surface area contributed by atoms with E-state index in [1.165, 1.54) is 22.6 Å². The number of halogens is 1. The standard InChI is InChI=1S/C19H24N2O3S2.ClH/c1-13-12-16-8-11-25-18(16)14(2)21(13)10-9-20-19(22)15-4-6-17(7-5-15)26(3,23)24;/h4-8,11,13-14H,9-10,12H2,1-3H3,(H,20,22);1H. The lowest BCUT2D eigenvalue weighted by molar-refractivity contribution is 0.0930. The molecule has 0 radical (unpaired) electrons. The zero-order valence-corrected chi connectivity index (χ0v) is 18.1. The van der Waals surface area contributed by atoms with Gasteiger partial charge in [-0.15, -0.1) is 23.7 Å². The number of nitrogens with zero attached hydrogens (tertiary/aromatic N) is 1. The topological polar surface area (TPSA) is 66.5 Å². The molecule has 5 nitrogen and oxygen atoms in total. The van der Waals surface area contributed by atoms with E-state index >= 15 is 0 Å². The van der Waals surface area contributed by atoms with Gasteiger partial charge in [-0.25, -0.2) is 8.42 Å². The lowest BCUT2D eigenvalue weighted by atomic mass is 9.97. The Kier molecular flexibility index (Phi) is 7.08. The third-order valence-electron chi connectivity index (χ3n) is 4.94. The monoisotopic (exact) mass is 428 g/mol. The number of benzene rings is 1. The largest absolute Gasteiger partial charge is 0.351 e. The van der Waals surface area contributed by atoms with E-state index in [1.807, 2.05) is 0 Å². The Morgan fingerprint density at radius 2 is 1.89 bits per heavy atom. The van der Waals surface area contributed by atoms with Gasteiger partial charge in [0, 0.05) is 41.9 Å². The molecule has 0 aliphatic carbocycles. The molecule has 1 aliphatic heterocycles. The van der Waals surface area contributed by atoms with Gasteiger partial charge in [0.05, 0.1) is 4.90 Å². The van der Waals surface area contributed by atoms with Crippen molar-refractivity contribution in [3.63, 3.8) is 0 Å². The minimum absolute atomic E-state index is 0. The summed E-state index contributed by atoms with van der Waals surface area (Å²) in [7, 11) is -3.25. The van der Waals surface area contributed by atoms with Crippen LogP contribution < -0.4 is 5.32 Å². The average molecular weight is 429 g/mol. The molecule has 2 unspecified atom stereocenters. The highest BCUT2D eigenvalue weighted by molar-refractivity contribution is 7.90. The summed E-state index contributed by atoms with van der Waals surface area (Å²) in [5.41, 5.74) is 1.92. The molecule has 1 aromatic carbocycles. The highest BCUT2D eigenvalue weighted by atomic mass is 35.5. The molecule has 2 aromatic rings. The van der Waals surface area contributed by atoms with Crippen LogP contribution in [0.15, 0.2) is 40.6 Å². The number of hydrogen-bond donors (Lipinski definition) is 1. The number of hydrogen-bond acceptors (Lipinski definition) is 5. The Labute approximate surface area is 171 Å². The Balaban J connectivity index is 0.00000261. The van der Waals surface area contributed by atoms with Gasteiger partial charge in [-0.1, -0.05) is 0 Å². The van der Waals surface area contributed by atoms with Gasteiger partial charge >= 0.3 is 0 Å². The van der Waals surface area contributed by atoms with Crippen LogP contribution >= 0.6 is 23.7 Å². The van der Waals surface area contributed by atoms with Crippen LogP contribution in [-0.2, 0) is 16.3 Å². The number of rotatable bonds is 5.